The van der Waals surface area contributed by atoms with E-state index in [9.17, 15) is 5.11 Å². The number of para-hydroxylation sites is 1. The van der Waals surface area contributed by atoms with Gasteiger partial charge in [-0.25, -0.2) is 4.98 Å². The molecule has 6 nitrogen and oxygen atoms in total. The van der Waals surface area contributed by atoms with Gasteiger partial charge < -0.3 is 14.6 Å². The maximum atomic E-state index is 10.3. The molecule has 19 heavy (non-hydrogen) atoms. The molecule has 1 N–H and O–H groups in total. The lowest BCUT2D eigenvalue weighted by molar-refractivity contribution is 0.169. The Kier molecular flexibility index (Phi) is 4.01. The number of benzene rings is 1. The summed E-state index contributed by atoms with van der Waals surface area (Å²) in [6.45, 7) is 0. The molecule has 0 aliphatic rings. The number of ether oxygens (including phenoxy) is 2. The summed E-state index contributed by atoms with van der Waals surface area (Å²) < 4.78 is 12.2. The highest BCUT2D eigenvalue weighted by atomic mass is 16.5. The van der Waals surface area contributed by atoms with Gasteiger partial charge in [0, 0.05) is 19.0 Å². The van der Waals surface area contributed by atoms with Gasteiger partial charge in [0.25, 0.3) is 0 Å². The third-order valence-electron chi connectivity index (χ3n) is 2.97. The molecule has 0 radical (unpaired) electrons. The summed E-state index contributed by atoms with van der Waals surface area (Å²) in [5.74, 6) is 1.84. The summed E-state index contributed by atoms with van der Waals surface area (Å²) >= 11 is 0. The molecule has 2 rings (SSSR count). The summed E-state index contributed by atoms with van der Waals surface area (Å²) in [5, 5.41) is 14.3. The lowest BCUT2D eigenvalue weighted by Gasteiger charge is -2.16. The number of rotatable bonds is 5. The molecule has 0 fully saturated rings. The summed E-state index contributed by atoms with van der Waals surface area (Å²) in [5.41, 5.74) is 0.671. The smallest absolute Gasteiger partial charge is 0.166 e. The Morgan fingerprint density at radius 2 is 2.11 bits per heavy atom. The molecule has 6 heteroatoms. The number of hydrogen-bond acceptors (Lipinski definition) is 5. The van der Waals surface area contributed by atoms with Crippen LogP contribution in [-0.4, -0.2) is 34.1 Å². The van der Waals surface area contributed by atoms with Crippen molar-refractivity contribution in [2.24, 2.45) is 7.05 Å². The Balaban J connectivity index is 2.28. The van der Waals surface area contributed by atoms with Crippen molar-refractivity contribution in [2.75, 3.05) is 14.2 Å². The monoisotopic (exact) mass is 263 g/mol. The highest BCUT2D eigenvalue weighted by Gasteiger charge is 2.19. The number of aryl methyl sites for hydroxylation is 1. The van der Waals surface area contributed by atoms with Crippen LogP contribution in [0.5, 0.6) is 11.5 Å². The molecule has 0 amide bonds. The molecule has 0 aliphatic carbocycles. The predicted molar refractivity (Wildman–Crippen MR) is 69.2 cm³/mol. The van der Waals surface area contributed by atoms with E-state index in [1.165, 1.54) is 6.33 Å². The van der Waals surface area contributed by atoms with Crippen molar-refractivity contribution >= 4 is 0 Å². The van der Waals surface area contributed by atoms with Crippen LogP contribution in [0.25, 0.3) is 0 Å². The van der Waals surface area contributed by atoms with Gasteiger partial charge in [-0.3, -0.25) is 4.68 Å². The fourth-order valence-electron chi connectivity index (χ4n) is 1.96. The maximum absolute atomic E-state index is 10.3. The first kappa shape index (κ1) is 13.4. The van der Waals surface area contributed by atoms with Crippen LogP contribution in [0, 0.1) is 0 Å². The van der Waals surface area contributed by atoms with Crippen LogP contribution >= 0.6 is 0 Å². The minimum absolute atomic E-state index is 0.361. The highest BCUT2D eigenvalue weighted by Crippen LogP contribution is 2.35. The molecule has 1 atom stereocenters. The van der Waals surface area contributed by atoms with Gasteiger partial charge in [0.2, 0.25) is 0 Å². The Hall–Kier alpha value is -2.08. The van der Waals surface area contributed by atoms with E-state index in [0.717, 1.165) is 0 Å². The molecule has 0 saturated carbocycles. The molecular weight excluding hydrogens is 246 g/mol. The van der Waals surface area contributed by atoms with Gasteiger partial charge >= 0.3 is 0 Å². The van der Waals surface area contributed by atoms with Gasteiger partial charge in [-0.1, -0.05) is 12.1 Å². The second-order valence-electron chi connectivity index (χ2n) is 4.10. The summed E-state index contributed by atoms with van der Waals surface area (Å²) in [7, 11) is 4.91. The average molecular weight is 263 g/mol. The highest BCUT2D eigenvalue weighted by molar-refractivity contribution is 5.47. The fourth-order valence-corrected chi connectivity index (χ4v) is 1.96. The Labute approximate surface area is 111 Å². The van der Waals surface area contributed by atoms with Crippen LogP contribution in [0.2, 0.25) is 0 Å². The van der Waals surface area contributed by atoms with Gasteiger partial charge in [0.15, 0.2) is 11.5 Å². The first-order chi connectivity index (χ1) is 9.17. The minimum atomic E-state index is -0.729. The Bertz CT molecular complexity index is 554. The van der Waals surface area contributed by atoms with Crippen molar-refractivity contribution in [1.29, 1.82) is 0 Å². The standard InChI is InChI=1S/C13H17N3O3/c1-16-12(14-8-15-16)7-10(17)9-5-4-6-11(18-2)13(9)19-3/h4-6,8,10,17H,7H2,1-3H3. The molecular formula is C13H17N3O3. The Morgan fingerprint density at radius 3 is 2.68 bits per heavy atom. The van der Waals surface area contributed by atoms with Crippen molar-refractivity contribution in [2.45, 2.75) is 12.5 Å². The zero-order valence-corrected chi connectivity index (χ0v) is 11.2. The normalized spacial score (nSPS) is 12.2. The van der Waals surface area contributed by atoms with Crippen molar-refractivity contribution in [3.05, 3.63) is 35.9 Å². The molecule has 0 spiro atoms. The third-order valence-corrected chi connectivity index (χ3v) is 2.97. The molecule has 0 bridgehead atoms. The minimum Gasteiger partial charge on any atom is -0.493 e. The van der Waals surface area contributed by atoms with E-state index in [2.05, 4.69) is 10.1 Å². The molecule has 0 aliphatic heterocycles. The van der Waals surface area contributed by atoms with Crippen molar-refractivity contribution in [1.82, 2.24) is 14.8 Å². The lowest BCUT2D eigenvalue weighted by atomic mass is 10.0. The molecule has 1 unspecified atom stereocenters. The molecule has 1 aromatic heterocycles. The summed E-state index contributed by atoms with van der Waals surface area (Å²) in [4.78, 5) is 4.10. The number of aliphatic hydroxyl groups is 1. The Morgan fingerprint density at radius 1 is 1.32 bits per heavy atom. The van der Waals surface area contributed by atoms with E-state index in [1.807, 2.05) is 12.1 Å². The molecule has 1 heterocycles. The van der Waals surface area contributed by atoms with Crippen LogP contribution in [-0.2, 0) is 13.5 Å². The van der Waals surface area contributed by atoms with Crippen LogP contribution in [0.15, 0.2) is 24.5 Å². The van der Waals surface area contributed by atoms with E-state index in [1.54, 1.807) is 32.0 Å². The van der Waals surface area contributed by atoms with Crippen LogP contribution in [0.1, 0.15) is 17.5 Å². The van der Waals surface area contributed by atoms with Crippen molar-refractivity contribution in [3.8, 4) is 11.5 Å². The second kappa shape index (κ2) is 5.71. The lowest BCUT2D eigenvalue weighted by Crippen LogP contribution is -2.09. The number of methoxy groups -OCH3 is 2. The van der Waals surface area contributed by atoms with Crippen molar-refractivity contribution in [3.63, 3.8) is 0 Å². The quantitative estimate of drug-likeness (QED) is 0.875. The molecule has 0 saturated heterocycles. The van der Waals surface area contributed by atoms with E-state index < -0.39 is 6.10 Å². The van der Waals surface area contributed by atoms with Crippen LogP contribution < -0.4 is 9.47 Å². The zero-order chi connectivity index (χ0) is 13.8. The van der Waals surface area contributed by atoms with Gasteiger partial charge in [-0.05, 0) is 6.07 Å². The summed E-state index contributed by atoms with van der Waals surface area (Å²) in [6.07, 6.45) is 1.10. The third kappa shape index (κ3) is 2.68. The predicted octanol–water partition coefficient (Wildman–Crippen LogP) is 1.11. The number of aromatic nitrogens is 3. The maximum Gasteiger partial charge on any atom is 0.166 e. The van der Waals surface area contributed by atoms with Gasteiger partial charge in [-0.2, -0.15) is 5.10 Å². The zero-order valence-electron chi connectivity index (χ0n) is 11.2. The van der Waals surface area contributed by atoms with Gasteiger partial charge in [0.1, 0.15) is 12.2 Å². The number of nitrogens with zero attached hydrogens (tertiary/aromatic N) is 3. The number of hydrogen-bond donors (Lipinski definition) is 1. The summed E-state index contributed by atoms with van der Waals surface area (Å²) in [6, 6.07) is 5.41. The SMILES string of the molecule is COc1cccc(C(O)Cc2ncnn2C)c1OC. The topological polar surface area (TPSA) is 69.4 Å². The van der Waals surface area contributed by atoms with Crippen LogP contribution in [0.4, 0.5) is 0 Å². The first-order valence-corrected chi connectivity index (χ1v) is 5.89. The largest absolute Gasteiger partial charge is 0.493 e. The van der Waals surface area contributed by atoms with Gasteiger partial charge in [0.05, 0.1) is 20.3 Å². The van der Waals surface area contributed by atoms with Crippen molar-refractivity contribution < 1.29 is 14.6 Å². The first-order valence-electron chi connectivity index (χ1n) is 5.89. The van der Waals surface area contributed by atoms with Crippen LogP contribution in [0.3, 0.4) is 0 Å². The average Bonchev–Trinajstić information content (AvgIpc) is 2.83. The fraction of sp³-hybridized carbons (Fsp3) is 0.385. The van der Waals surface area contributed by atoms with Gasteiger partial charge in [-0.15, -0.1) is 0 Å². The van der Waals surface area contributed by atoms with E-state index in [0.29, 0.717) is 29.3 Å². The molecule has 2 aromatic rings. The molecule has 102 valence electrons. The van der Waals surface area contributed by atoms with E-state index >= 15 is 0 Å². The molecule has 1 aromatic carbocycles. The van der Waals surface area contributed by atoms with E-state index in [-0.39, 0.29) is 0 Å². The second-order valence-corrected chi connectivity index (χ2v) is 4.10. The number of aliphatic hydroxyl groups excluding tert-OH is 1. The van der Waals surface area contributed by atoms with E-state index in [4.69, 9.17) is 9.47 Å².